The largest absolute Gasteiger partial charge is 0.434 e. The van der Waals surface area contributed by atoms with Gasteiger partial charge in [0.2, 0.25) is 17.7 Å². The van der Waals surface area contributed by atoms with Crippen molar-refractivity contribution < 1.29 is 28.7 Å². The van der Waals surface area contributed by atoms with E-state index in [2.05, 4.69) is 31.6 Å². The zero-order valence-electron chi connectivity index (χ0n) is 15.1. The molecule has 0 aliphatic heterocycles. The van der Waals surface area contributed by atoms with Gasteiger partial charge in [-0.05, 0) is 6.92 Å². The Morgan fingerprint density at radius 1 is 1.39 bits per heavy atom. The number of aromatic nitrogens is 4. The zero-order valence-corrected chi connectivity index (χ0v) is 15.1. The Kier molecular flexibility index (Phi) is 8.73. The van der Waals surface area contributed by atoms with Gasteiger partial charge in [-0.25, -0.2) is 14.7 Å². The molecule has 9 N–H and O–H groups in total. The molecular weight excluding hydrogens is 380 g/mol. The first-order chi connectivity index (χ1) is 13.1. The summed E-state index contributed by atoms with van der Waals surface area (Å²) < 4.78 is 9.57. The maximum absolute atomic E-state index is 11.9. The van der Waals surface area contributed by atoms with Crippen molar-refractivity contribution in [2.75, 3.05) is 6.61 Å². The minimum atomic E-state index is -1.07. The molecule has 0 fully saturated rings. The normalized spacial score (nSPS) is 13.6. The number of aliphatic hydroxyl groups excluding tert-OH is 2. The molecule has 0 bridgehead atoms. The molecule has 0 spiro atoms. The van der Waals surface area contributed by atoms with Crippen LogP contribution in [0.2, 0.25) is 0 Å². The maximum atomic E-state index is 11.9. The SMILES string of the molecule is CC(N)=O.CC(O)C(NC(=O)NCc1nc(C(N)CO)no1)c1n[nH]c(=O)o1. The molecule has 2 heterocycles. The minimum absolute atomic E-state index is 0.0731. The Labute approximate surface area is 157 Å². The highest BCUT2D eigenvalue weighted by Gasteiger charge is 2.25. The number of carbonyl (C=O) groups is 2. The third-order valence-electron chi connectivity index (χ3n) is 2.90. The Hall–Kier alpha value is -3.30. The fourth-order valence-electron chi connectivity index (χ4n) is 1.68. The van der Waals surface area contributed by atoms with Gasteiger partial charge in [-0.1, -0.05) is 5.16 Å². The molecule has 0 aliphatic rings. The summed E-state index contributed by atoms with van der Waals surface area (Å²) in [5, 5.41) is 32.5. The van der Waals surface area contributed by atoms with E-state index < -0.39 is 30.0 Å². The lowest BCUT2D eigenvalue weighted by Gasteiger charge is -2.17. The highest BCUT2D eigenvalue weighted by Crippen LogP contribution is 2.12. The van der Waals surface area contributed by atoms with Gasteiger partial charge < -0.3 is 41.3 Å². The molecule has 2 rings (SSSR count). The smallest absolute Gasteiger partial charge is 0.394 e. The van der Waals surface area contributed by atoms with Crippen molar-refractivity contribution in [1.29, 1.82) is 0 Å². The van der Waals surface area contributed by atoms with Gasteiger partial charge >= 0.3 is 11.8 Å². The lowest BCUT2D eigenvalue weighted by atomic mass is 10.2. The van der Waals surface area contributed by atoms with Crippen molar-refractivity contribution in [1.82, 2.24) is 31.0 Å². The summed E-state index contributed by atoms with van der Waals surface area (Å²) >= 11 is 0. The number of aliphatic hydroxyl groups is 2. The Morgan fingerprint density at radius 2 is 2.04 bits per heavy atom. The molecule has 15 heteroatoms. The molecule has 0 aliphatic carbocycles. The molecule has 0 radical (unpaired) electrons. The van der Waals surface area contributed by atoms with Crippen LogP contribution < -0.4 is 27.9 Å². The molecule has 2 aromatic heterocycles. The van der Waals surface area contributed by atoms with Crippen molar-refractivity contribution in [3.05, 3.63) is 28.2 Å². The van der Waals surface area contributed by atoms with Gasteiger partial charge in [-0.2, -0.15) is 4.98 Å². The van der Waals surface area contributed by atoms with Gasteiger partial charge in [0.05, 0.1) is 25.3 Å². The average Bonchev–Trinajstić information content (AvgIpc) is 3.25. The zero-order chi connectivity index (χ0) is 21.3. The molecule has 2 aromatic rings. The predicted octanol–water partition coefficient (Wildman–Crippen LogP) is -2.85. The Morgan fingerprint density at radius 3 is 2.54 bits per heavy atom. The van der Waals surface area contributed by atoms with Gasteiger partial charge in [0.15, 0.2) is 5.82 Å². The number of nitrogens with one attached hydrogen (secondary N) is 3. The van der Waals surface area contributed by atoms with Gasteiger partial charge in [0.25, 0.3) is 0 Å². The van der Waals surface area contributed by atoms with Gasteiger partial charge in [-0.15, -0.1) is 5.10 Å². The number of amides is 3. The fourth-order valence-corrected chi connectivity index (χ4v) is 1.68. The first-order valence-corrected chi connectivity index (χ1v) is 7.86. The van der Waals surface area contributed by atoms with E-state index in [-0.39, 0.29) is 36.7 Å². The van der Waals surface area contributed by atoms with Gasteiger partial charge in [0, 0.05) is 6.92 Å². The van der Waals surface area contributed by atoms with E-state index in [0.29, 0.717) is 0 Å². The van der Waals surface area contributed by atoms with Crippen molar-refractivity contribution in [2.24, 2.45) is 11.5 Å². The standard InChI is InChI=1S/C11H17N7O6.C2H5NO/c1-4(20)7(9-16-17-11(22)23-9)15-10(21)13-2-6-14-8(18-24-6)5(12)3-19;1-2(3)4/h4-5,7,19-20H,2-3,12H2,1H3,(H,17,22)(H2,13,15,21);1H3,(H2,3,4). The third-order valence-corrected chi connectivity index (χ3v) is 2.90. The predicted molar refractivity (Wildman–Crippen MR) is 90.1 cm³/mol. The lowest BCUT2D eigenvalue weighted by Crippen LogP contribution is -2.41. The van der Waals surface area contributed by atoms with Crippen LogP contribution in [0.5, 0.6) is 0 Å². The van der Waals surface area contributed by atoms with E-state index >= 15 is 0 Å². The number of nitrogens with two attached hydrogens (primary N) is 2. The molecule has 0 saturated heterocycles. The maximum Gasteiger partial charge on any atom is 0.434 e. The molecule has 15 nitrogen and oxygen atoms in total. The second-order valence-electron chi connectivity index (χ2n) is 5.44. The summed E-state index contributed by atoms with van der Waals surface area (Å²) in [6.45, 7) is 2.23. The van der Waals surface area contributed by atoms with Gasteiger partial charge in [0.1, 0.15) is 6.04 Å². The summed E-state index contributed by atoms with van der Waals surface area (Å²) in [6, 6.07) is -2.51. The highest BCUT2D eigenvalue weighted by atomic mass is 16.5. The van der Waals surface area contributed by atoms with E-state index in [1.165, 1.54) is 13.8 Å². The summed E-state index contributed by atoms with van der Waals surface area (Å²) in [6.07, 6.45) is -1.07. The van der Waals surface area contributed by atoms with E-state index in [1.807, 2.05) is 5.10 Å². The Bertz CT molecular complexity index is 810. The number of nitrogens with zero attached hydrogens (tertiary/aromatic N) is 3. The molecule has 0 saturated carbocycles. The quantitative estimate of drug-likeness (QED) is 0.248. The molecule has 0 aromatic carbocycles. The number of hydrogen-bond donors (Lipinski definition) is 7. The van der Waals surface area contributed by atoms with Crippen LogP contribution in [0.15, 0.2) is 13.7 Å². The topological polar surface area (TPSA) is 249 Å². The van der Waals surface area contributed by atoms with E-state index in [9.17, 15) is 19.5 Å². The van der Waals surface area contributed by atoms with E-state index in [0.717, 1.165) is 0 Å². The number of carbonyl (C=O) groups excluding carboxylic acids is 2. The second kappa shape index (κ2) is 10.8. The lowest BCUT2D eigenvalue weighted by molar-refractivity contribution is -0.115. The number of hydrogen-bond acceptors (Lipinski definition) is 11. The number of rotatable bonds is 7. The summed E-state index contributed by atoms with van der Waals surface area (Å²) in [7, 11) is 0. The molecule has 3 atom stereocenters. The van der Waals surface area contributed by atoms with Crippen LogP contribution in [0.1, 0.15) is 43.5 Å². The van der Waals surface area contributed by atoms with Crippen molar-refractivity contribution >= 4 is 11.9 Å². The fraction of sp³-hybridized carbons (Fsp3) is 0.538. The molecule has 156 valence electrons. The van der Waals surface area contributed by atoms with Crippen molar-refractivity contribution in [3.63, 3.8) is 0 Å². The molecule has 28 heavy (non-hydrogen) atoms. The number of urea groups is 1. The van der Waals surface area contributed by atoms with Crippen LogP contribution in [0.4, 0.5) is 4.79 Å². The first kappa shape index (κ1) is 22.7. The molecule has 3 unspecified atom stereocenters. The van der Waals surface area contributed by atoms with Crippen LogP contribution in [0.25, 0.3) is 0 Å². The number of H-pyrrole nitrogens is 1. The van der Waals surface area contributed by atoms with Gasteiger partial charge in [-0.3, -0.25) is 4.79 Å². The average molecular weight is 402 g/mol. The third kappa shape index (κ3) is 7.52. The van der Waals surface area contributed by atoms with E-state index in [4.69, 9.17) is 19.8 Å². The van der Waals surface area contributed by atoms with Crippen LogP contribution >= 0.6 is 0 Å². The van der Waals surface area contributed by atoms with Crippen molar-refractivity contribution in [3.8, 4) is 0 Å². The van der Waals surface area contributed by atoms with Crippen LogP contribution in [-0.2, 0) is 11.3 Å². The second-order valence-corrected chi connectivity index (χ2v) is 5.44. The number of primary amides is 1. The van der Waals surface area contributed by atoms with Crippen LogP contribution in [0, 0.1) is 0 Å². The van der Waals surface area contributed by atoms with Crippen LogP contribution in [-0.4, -0.2) is 55.2 Å². The summed E-state index contributed by atoms with van der Waals surface area (Å²) in [5.41, 5.74) is 9.99. The summed E-state index contributed by atoms with van der Waals surface area (Å²) in [5.74, 6) is -1.13. The number of aromatic amines is 1. The van der Waals surface area contributed by atoms with Crippen LogP contribution in [0.3, 0.4) is 0 Å². The highest BCUT2D eigenvalue weighted by molar-refractivity contribution is 5.74. The first-order valence-electron chi connectivity index (χ1n) is 7.86. The van der Waals surface area contributed by atoms with Crippen molar-refractivity contribution in [2.45, 2.75) is 38.6 Å². The molecular formula is C13H22N8O7. The molecule has 3 amide bonds. The summed E-state index contributed by atoms with van der Waals surface area (Å²) in [4.78, 5) is 35.9. The Balaban J connectivity index is 0.000000892. The minimum Gasteiger partial charge on any atom is -0.394 e. The monoisotopic (exact) mass is 402 g/mol. The van der Waals surface area contributed by atoms with E-state index in [1.54, 1.807) is 0 Å².